The van der Waals surface area contributed by atoms with Crippen LogP contribution >= 0.6 is 34.2 Å². The van der Waals surface area contributed by atoms with Crippen LogP contribution in [0.15, 0.2) is 78.4 Å². The number of ether oxygens (including phenoxy) is 1. The van der Waals surface area contributed by atoms with Gasteiger partial charge in [0.1, 0.15) is 18.2 Å². The van der Waals surface area contributed by atoms with Crippen molar-refractivity contribution in [2.75, 3.05) is 23.0 Å². The summed E-state index contributed by atoms with van der Waals surface area (Å²) in [7, 11) is 0. The van der Waals surface area contributed by atoms with Gasteiger partial charge in [-0.1, -0.05) is 41.4 Å². The first-order valence-electron chi connectivity index (χ1n) is 15.1. The Hall–Kier alpha value is -3.61. The summed E-state index contributed by atoms with van der Waals surface area (Å²) in [5, 5.41) is 9.31. The lowest BCUT2D eigenvalue weighted by Crippen LogP contribution is -2.49. The number of allylic oxidation sites excluding steroid dienone is 2. The summed E-state index contributed by atoms with van der Waals surface area (Å²) < 4.78 is 21.0. The Morgan fingerprint density at radius 1 is 0.957 bits per heavy atom. The van der Waals surface area contributed by atoms with Crippen molar-refractivity contribution >= 4 is 69.2 Å². The van der Waals surface area contributed by atoms with E-state index >= 15 is 0 Å². The first-order valence-corrected chi connectivity index (χ1v) is 16.5. The van der Waals surface area contributed by atoms with Crippen LogP contribution in [0.2, 0.25) is 5.02 Å². The highest BCUT2D eigenvalue weighted by Gasteiger charge is 2.68. The molecule has 0 aromatic heterocycles. The van der Waals surface area contributed by atoms with E-state index < -0.39 is 52.6 Å². The lowest BCUT2D eigenvalue weighted by Gasteiger charge is -2.49. The molecule has 6 atom stereocenters. The summed E-state index contributed by atoms with van der Waals surface area (Å²) in [6.45, 7) is 1.55. The first kappa shape index (κ1) is 31.0. The maximum Gasteiger partial charge on any atom is 0.241 e. The molecular formula is C35H29ClFIN2O6. The number of carbonyl (C=O) groups is 4. The SMILES string of the molecule is CC12C(=O)N(c3ccc(F)c(Cl)c3)C(=O)C1CC1C(=CCC3C(=O)N(c4ccc(I)cc4)C(=O)C31)C2c1ccccc1OCCO. The number of imide groups is 2. The third-order valence-electron chi connectivity index (χ3n) is 10.1. The van der Waals surface area contributed by atoms with Crippen LogP contribution in [0.4, 0.5) is 15.8 Å². The van der Waals surface area contributed by atoms with Crippen LogP contribution in [0.1, 0.15) is 31.2 Å². The molecule has 4 amide bonds. The number of halogens is 3. The van der Waals surface area contributed by atoms with Gasteiger partial charge in [0.05, 0.1) is 46.2 Å². The average Bonchev–Trinajstić information content (AvgIpc) is 3.41. The number of para-hydroxylation sites is 1. The molecule has 4 aliphatic rings. The van der Waals surface area contributed by atoms with Crippen molar-refractivity contribution in [3.05, 3.63) is 98.4 Å². The lowest BCUT2D eigenvalue weighted by atomic mass is 9.51. The van der Waals surface area contributed by atoms with Crippen LogP contribution in [-0.4, -0.2) is 41.9 Å². The third kappa shape index (κ3) is 4.55. The number of fused-ring (bicyclic) bond motifs is 4. The number of anilines is 2. The smallest absolute Gasteiger partial charge is 0.241 e. The minimum absolute atomic E-state index is 0.0160. The number of hydrogen-bond acceptors (Lipinski definition) is 6. The Bertz CT molecular complexity index is 1830. The number of hydrogen-bond donors (Lipinski definition) is 1. The van der Waals surface area contributed by atoms with Gasteiger partial charge in [0, 0.05) is 15.1 Å². The first-order chi connectivity index (χ1) is 22.1. The molecule has 46 heavy (non-hydrogen) atoms. The van der Waals surface area contributed by atoms with Crippen molar-refractivity contribution in [1.82, 2.24) is 0 Å². The van der Waals surface area contributed by atoms with Crippen LogP contribution in [-0.2, 0) is 19.2 Å². The lowest BCUT2D eigenvalue weighted by molar-refractivity contribution is -0.131. The second-order valence-electron chi connectivity index (χ2n) is 12.4. The van der Waals surface area contributed by atoms with Gasteiger partial charge in [0.15, 0.2) is 0 Å². The van der Waals surface area contributed by atoms with Crippen molar-refractivity contribution in [1.29, 1.82) is 0 Å². The van der Waals surface area contributed by atoms with E-state index in [0.29, 0.717) is 23.4 Å². The van der Waals surface area contributed by atoms with E-state index in [9.17, 15) is 28.7 Å². The number of rotatable bonds is 6. The van der Waals surface area contributed by atoms with Crippen molar-refractivity contribution in [2.24, 2.45) is 29.1 Å². The van der Waals surface area contributed by atoms with Gasteiger partial charge >= 0.3 is 0 Å². The van der Waals surface area contributed by atoms with Gasteiger partial charge in [-0.15, -0.1) is 0 Å². The van der Waals surface area contributed by atoms with Gasteiger partial charge in [-0.3, -0.25) is 24.1 Å². The zero-order chi connectivity index (χ0) is 32.5. The third-order valence-corrected chi connectivity index (χ3v) is 11.1. The standard InChI is InChI=1S/C35H29ClFIN2O6/c1-35-25(32(43)40(34(35)45)20-10-13-27(37)26(36)16-20)17-24-21(30(35)22-4-2-3-5-28(22)46-15-14-41)11-12-23-29(24)33(44)39(31(23)42)19-8-6-18(38)7-9-19/h2-11,13,16,23-25,29-30,41H,12,14-15,17H2,1H3. The summed E-state index contributed by atoms with van der Waals surface area (Å²) in [5.41, 5.74) is 0.799. The molecule has 0 radical (unpaired) electrons. The van der Waals surface area contributed by atoms with E-state index in [2.05, 4.69) is 22.6 Å². The number of carbonyl (C=O) groups excluding carboxylic acids is 4. The molecule has 2 aliphatic heterocycles. The Morgan fingerprint density at radius 3 is 2.39 bits per heavy atom. The fourth-order valence-electron chi connectivity index (χ4n) is 8.08. The van der Waals surface area contributed by atoms with E-state index in [4.69, 9.17) is 16.3 Å². The molecule has 1 N–H and O–H groups in total. The molecule has 11 heteroatoms. The molecule has 2 heterocycles. The number of aliphatic hydroxyl groups excluding tert-OH is 1. The van der Waals surface area contributed by atoms with Crippen LogP contribution in [0.25, 0.3) is 0 Å². The molecule has 7 rings (SSSR count). The highest BCUT2D eigenvalue weighted by Crippen LogP contribution is 2.64. The second kappa shape index (κ2) is 11.6. The number of aliphatic hydroxyl groups is 1. The van der Waals surface area contributed by atoms with Crippen molar-refractivity contribution in [2.45, 2.75) is 25.7 Å². The predicted molar refractivity (Wildman–Crippen MR) is 177 cm³/mol. The monoisotopic (exact) mass is 754 g/mol. The van der Waals surface area contributed by atoms with E-state index in [1.54, 1.807) is 31.2 Å². The molecule has 6 unspecified atom stereocenters. The summed E-state index contributed by atoms with van der Waals surface area (Å²) in [4.78, 5) is 59.3. The van der Waals surface area contributed by atoms with Crippen LogP contribution in [0, 0.1) is 38.5 Å². The number of nitrogens with zero attached hydrogens (tertiary/aromatic N) is 2. The Labute approximate surface area is 283 Å². The molecule has 0 bridgehead atoms. The zero-order valence-corrected chi connectivity index (χ0v) is 27.6. The van der Waals surface area contributed by atoms with Crippen LogP contribution < -0.4 is 14.5 Å². The molecular weight excluding hydrogens is 726 g/mol. The molecule has 2 saturated heterocycles. The Morgan fingerprint density at radius 2 is 1.67 bits per heavy atom. The van der Waals surface area contributed by atoms with Gasteiger partial charge in [-0.25, -0.2) is 9.29 Å². The predicted octanol–water partition coefficient (Wildman–Crippen LogP) is 5.89. The molecule has 3 fully saturated rings. The summed E-state index contributed by atoms with van der Waals surface area (Å²) in [6, 6.07) is 18.1. The van der Waals surface area contributed by atoms with Gasteiger partial charge < -0.3 is 9.84 Å². The molecule has 236 valence electrons. The molecule has 2 aliphatic carbocycles. The minimum Gasteiger partial charge on any atom is -0.491 e. The molecule has 3 aromatic carbocycles. The summed E-state index contributed by atoms with van der Waals surface area (Å²) in [5.74, 6) is -5.16. The van der Waals surface area contributed by atoms with E-state index in [1.807, 2.05) is 30.3 Å². The molecule has 1 saturated carbocycles. The van der Waals surface area contributed by atoms with Crippen molar-refractivity contribution in [3.8, 4) is 5.75 Å². The number of amides is 4. The van der Waals surface area contributed by atoms with Gasteiger partial charge in [0.2, 0.25) is 23.6 Å². The van der Waals surface area contributed by atoms with E-state index in [1.165, 1.54) is 17.0 Å². The van der Waals surface area contributed by atoms with Crippen LogP contribution in [0.3, 0.4) is 0 Å². The average molecular weight is 755 g/mol. The van der Waals surface area contributed by atoms with Gasteiger partial charge in [-0.05, 0) is 96.8 Å². The summed E-state index contributed by atoms with van der Waals surface area (Å²) >= 11 is 8.25. The van der Waals surface area contributed by atoms with Crippen molar-refractivity contribution < 1.29 is 33.4 Å². The second-order valence-corrected chi connectivity index (χ2v) is 14.0. The van der Waals surface area contributed by atoms with Gasteiger partial charge in [-0.2, -0.15) is 0 Å². The molecule has 3 aromatic rings. The summed E-state index contributed by atoms with van der Waals surface area (Å²) in [6.07, 6.45) is 2.45. The minimum atomic E-state index is -1.31. The quantitative estimate of drug-likeness (QED) is 0.191. The van der Waals surface area contributed by atoms with E-state index in [0.717, 1.165) is 20.1 Å². The largest absolute Gasteiger partial charge is 0.491 e. The van der Waals surface area contributed by atoms with Gasteiger partial charge in [0.25, 0.3) is 0 Å². The molecule has 8 nitrogen and oxygen atoms in total. The zero-order valence-electron chi connectivity index (χ0n) is 24.7. The maximum atomic E-state index is 14.6. The normalized spacial score (nSPS) is 28.6. The fraction of sp³-hybridized carbons (Fsp3) is 0.314. The Balaban J connectivity index is 1.37. The topological polar surface area (TPSA) is 104 Å². The van der Waals surface area contributed by atoms with Crippen LogP contribution in [0.5, 0.6) is 5.75 Å². The van der Waals surface area contributed by atoms with Crippen molar-refractivity contribution in [3.63, 3.8) is 0 Å². The maximum absolute atomic E-state index is 14.6. The highest BCUT2D eigenvalue weighted by atomic mass is 127. The number of benzene rings is 3. The molecule has 0 spiro atoms. The van der Waals surface area contributed by atoms with E-state index in [-0.39, 0.29) is 42.2 Å². The highest BCUT2D eigenvalue weighted by molar-refractivity contribution is 14.1. The Kier molecular flexibility index (Phi) is 7.80. The fourth-order valence-corrected chi connectivity index (χ4v) is 8.61.